The van der Waals surface area contributed by atoms with Gasteiger partial charge in [0.25, 0.3) is 0 Å². The van der Waals surface area contributed by atoms with Crippen LogP contribution in [-0.2, 0) is 0 Å². The Morgan fingerprint density at radius 3 is 1.76 bits per heavy atom. The molecule has 0 aromatic heterocycles. The van der Waals surface area contributed by atoms with Crippen LogP contribution in [0.1, 0.15) is 19.4 Å². The molecule has 0 bridgehead atoms. The van der Waals surface area contributed by atoms with Gasteiger partial charge >= 0.3 is 7.12 Å². The van der Waals surface area contributed by atoms with E-state index < -0.39 is 7.12 Å². The van der Waals surface area contributed by atoms with Crippen molar-refractivity contribution in [2.75, 3.05) is 7.11 Å². The van der Waals surface area contributed by atoms with Gasteiger partial charge in [0, 0.05) is 4.47 Å². The number of rotatable bonds is 4. The minimum Gasteiger partial charge on any atom is -0.497 e. The molecule has 0 atom stereocenters. The van der Waals surface area contributed by atoms with E-state index in [1.807, 2.05) is 50.2 Å². The lowest BCUT2D eigenvalue weighted by molar-refractivity contribution is 0.414. The van der Waals surface area contributed by atoms with Crippen molar-refractivity contribution in [3.63, 3.8) is 0 Å². The molecule has 0 aliphatic heterocycles. The molecule has 0 fully saturated rings. The average molecular weight is 505 g/mol. The Bertz CT molecular complexity index is 1120. The van der Waals surface area contributed by atoms with Crippen LogP contribution in [0.3, 0.4) is 0 Å². The van der Waals surface area contributed by atoms with Gasteiger partial charge in [-0.3, -0.25) is 0 Å². The molecule has 0 unspecified atom stereocenters. The van der Waals surface area contributed by atoms with E-state index in [1.54, 1.807) is 25.3 Å². The summed E-state index contributed by atoms with van der Waals surface area (Å²) in [6.45, 7) is 6.11. The normalized spacial score (nSPS) is 9.67. The Labute approximate surface area is 206 Å². The van der Waals surface area contributed by atoms with E-state index in [2.05, 4.69) is 65.3 Å². The second-order valence-corrected chi connectivity index (χ2v) is 7.90. The van der Waals surface area contributed by atoms with E-state index in [9.17, 15) is 10.0 Å². The highest BCUT2D eigenvalue weighted by Gasteiger charge is 2.17. The van der Waals surface area contributed by atoms with Crippen LogP contribution in [0.2, 0.25) is 0 Å². The van der Waals surface area contributed by atoms with Gasteiger partial charge in [0.1, 0.15) is 5.75 Å². The van der Waals surface area contributed by atoms with Gasteiger partial charge in [0.15, 0.2) is 0 Å². The summed E-state index contributed by atoms with van der Waals surface area (Å²) in [5.74, 6) is 0.688. The minimum atomic E-state index is -1.49. The number of ether oxygens (including phenoxy) is 1. The van der Waals surface area contributed by atoms with Gasteiger partial charge in [0.2, 0.25) is 0 Å². The van der Waals surface area contributed by atoms with Crippen molar-refractivity contribution in [2.24, 2.45) is 0 Å². The number of benzene rings is 4. The predicted octanol–water partition coefficient (Wildman–Crippen LogP) is 6.49. The summed E-state index contributed by atoms with van der Waals surface area (Å²) in [5, 5.41) is 18.7. The fourth-order valence-electron chi connectivity index (χ4n) is 3.23. The molecule has 4 rings (SSSR count). The van der Waals surface area contributed by atoms with Crippen LogP contribution in [-0.4, -0.2) is 24.3 Å². The molecular formula is C28H30BBrO3. The Morgan fingerprint density at radius 2 is 1.24 bits per heavy atom. The van der Waals surface area contributed by atoms with Gasteiger partial charge < -0.3 is 14.8 Å². The molecule has 0 saturated heterocycles. The lowest BCUT2D eigenvalue weighted by atomic mass is 9.75. The second-order valence-electron chi connectivity index (χ2n) is 7.04. The number of methoxy groups -OCH3 is 1. The third-order valence-electron chi connectivity index (χ3n) is 4.83. The van der Waals surface area contributed by atoms with E-state index in [0.29, 0.717) is 11.2 Å². The molecule has 0 saturated carbocycles. The van der Waals surface area contributed by atoms with Crippen LogP contribution >= 0.6 is 15.9 Å². The molecule has 0 spiro atoms. The quantitative estimate of drug-likeness (QED) is 0.312. The molecule has 0 aliphatic carbocycles. The van der Waals surface area contributed by atoms with Gasteiger partial charge in [0.05, 0.1) is 7.11 Å². The standard InChI is InChI=1S/C13H13BO3.C13H11Br.C2H6/c1-17-11-7-8-13(14(15)16)12(9-11)10-5-3-2-4-6-10;1-10-7-8-13(14)12(9-10)11-5-3-2-4-6-11;1-2/h2-9,15-16H,1H3;2-9H,1H3;1-2H3. The zero-order valence-corrected chi connectivity index (χ0v) is 21.1. The molecular weight excluding hydrogens is 475 g/mol. The summed E-state index contributed by atoms with van der Waals surface area (Å²) in [7, 11) is 0.0928. The molecule has 170 valence electrons. The highest BCUT2D eigenvalue weighted by molar-refractivity contribution is 9.10. The Hall–Kier alpha value is -2.86. The van der Waals surface area contributed by atoms with Crippen molar-refractivity contribution in [3.05, 3.63) is 107 Å². The van der Waals surface area contributed by atoms with Crippen molar-refractivity contribution < 1.29 is 14.8 Å². The van der Waals surface area contributed by atoms with Gasteiger partial charge in [-0.2, -0.15) is 0 Å². The van der Waals surface area contributed by atoms with E-state index in [0.717, 1.165) is 15.6 Å². The highest BCUT2D eigenvalue weighted by atomic mass is 79.9. The van der Waals surface area contributed by atoms with Crippen molar-refractivity contribution in [3.8, 4) is 28.0 Å². The van der Waals surface area contributed by atoms with E-state index in [-0.39, 0.29) is 0 Å². The average Bonchev–Trinajstić information content (AvgIpc) is 2.87. The third kappa shape index (κ3) is 7.60. The van der Waals surface area contributed by atoms with Crippen LogP contribution in [0.15, 0.2) is 102 Å². The molecule has 3 nitrogen and oxygen atoms in total. The first kappa shape index (κ1) is 26.4. The minimum absolute atomic E-state index is 0.469. The lowest BCUT2D eigenvalue weighted by Gasteiger charge is -2.11. The van der Waals surface area contributed by atoms with Crippen molar-refractivity contribution >= 4 is 28.5 Å². The smallest absolute Gasteiger partial charge is 0.489 e. The molecule has 0 amide bonds. The fourth-order valence-corrected chi connectivity index (χ4v) is 3.71. The molecule has 0 heterocycles. The Kier molecular flexibility index (Phi) is 10.9. The van der Waals surface area contributed by atoms with Crippen molar-refractivity contribution in [2.45, 2.75) is 20.8 Å². The first-order valence-corrected chi connectivity index (χ1v) is 11.7. The zero-order chi connectivity index (χ0) is 24.2. The number of aryl methyl sites for hydroxylation is 1. The molecule has 4 aromatic carbocycles. The first-order chi connectivity index (χ1) is 16.0. The maximum atomic E-state index is 9.34. The third-order valence-corrected chi connectivity index (χ3v) is 5.52. The first-order valence-electron chi connectivity index (χ1n) is 10.9. The Balaban J connectivity index is 0.000000221. The van der Waals surface area contributed by atoms with Gasteiger partial charge in [-0.15, -0.1) is 0 Å². The van der Waals surface area contributed by atoms with Crippen LogP contribution in [0, 0.1) is 6.92 Å². The number of hydrogen-bond donors (Lipinski definition) is 2. The molecule has 4 aromatic rings. The SMILES string of the molecule is CC.COc1ccc(B(O)O)c(-c2ccccc2)c1.Cc1ccc(Br)c(-c2ccccc2)c1. The summed E-state index contributed by atoms with van der Waals surface area (Å²) < 4.78 is 6.30. The fraction of sp³-hybridized carbons (Fsp3) is 0.143. The van der Waals surface area contributed by atoms with Gasteiger partial charge in [-0.05, 0) is 52.8 Å². The van der Waals surface area contributed by atoms with E-state index in [1.165, 1.54) is 16.7 Å². The van der Waals surface area contributed by atoms with Crippen LogP contribution in [0.5, 0.6) is 5.75 Å². The van der Waals surface area contributed by atoms with Crippen LogP contribution < -0.4 is 10.2 Å². The summed E-state index contributed by atoms with van der Waals surface area (Å²) in [4.78, 5) is 0. The van der Waals surface area contributed by atoms with Crippen LogP contribution in [0.4, 0.5) is 0 Å². The Morgan fingerprint density at radius 1 is 0.697 bits per heavy atom. The predicted molar refractivity (Wildman–Crippen MR) is 144 cm³/mol. The number of halogens is 1. The lowest BCUT2D eigenvalue weighted by Crippen LogP contribution is -2.31. The summed E-state index contributed by atoms with van der Waals surface area (Å²) in [6.07, 6.45) is 0. The summed E-state index contributed by atoms with van der Waals surface area (Å²) in [6, 6.07) is 31.5. The van der Waals surface area contributed by atoms with Crippen LogP contribution in [0.25, 0.3) is 22.3 Å². The maximum Gasteiger partial charge on any atom is 0.489 e. The maximum absolute atomic E-state index is 9.34. The molecule has 5 heteroatoms. The van der Waals surface area contributed by atoms with E-state index >= 15 is 0 Å². The topological polar surface area (TPSA) is 49.7 Å². The zero-order valence-electron chi connectivity index (χ0n) is 19.5. The molecule has 2 N–H and O–H groups in total. The molecule has 0 aliphatic rings. The summed E-state index contributed by atoms with van der Waals surface area (Å²) >= 11 is 3.57. The summed E-state index contributed by atoms with van der Waals surface area (Å²) in [5.41, 5.74) is 5.95. The van der Waals surface area contributed by atoms with Crippen molar-refractivity contribution in [1.29, 1.82) is 0 Å². The second kappa shape index (κ2) is 13.6. The van der Waals surface area contributed by atoms with Gasteiger partial charge in [-0.25, -0.2) is 0 Å². The van der Waals surface area contributed by atoms with E-state index in [4.69, 9.17) is 4.74 Å². The number of hydrogen-bond acceptors (Lipinski definition) is 3. The largest absolute Gasteiger partial charge is 0.497 e. The van der Waals surface area contributed by atoms with Crippen molar-refractivity contribution in [1.82, 2.24) is 0 Å². The van der Waals surface area contributed by atoms with Gasteiger partial charge in [-0.1, -0.05) is 114 Å². The molecule has 33 heavy (non-hydrogen) atoms. The monoisotopic (exact) mass is 504 g/mol. The molecule has 0 radical (unpaired) electrons. The highest BCUT2D eigenvalue weighted by Crippen LogP contribution is 2.28.